The summed E-state index contributed by atoms with van der Waals surface area (Å²) in [5.41, 5.74) is 40.3. The minimum absolute atomic E-state index is 0.206. The predicted molar refractivity (Wildman–Crippen MR) is 474 cm³/mol. The van der Waals surface area contributed by atoms with Crippen molar-refractivity contribution in [1.29, 1.82) is 0 Å². The Morgan fingerprint density at radius 3 is 1.16 bits per heavy atom. The van der Waals surface area contributed by atoms with E-state index in [9.17, 15) is 0 Å². The highest BCUT2D eigenvalue weighted by Crippen LogP contribution is 2.54. The Morgan fingerprint density at radius 2 is 0.679 bits per heavy atom. The lowest BCUT2D eigenvalue weighted by molar-refractivity contribution is 1.12. The molecule has 0 saturated heterocycles. The number of anilines is 11. The quantitative estimate of drug-likeness (QED) is 0.101. The summed E-state index contributed by atoms with van der Waals surface area (Å²) < 4.78 is 5.21. The lowest BCUT2D eigenvalue weighted by atomic mass is 9.27. The highest BCUT2D eigenvalue weighted by Gasteiger charge is 2.54. The number of hydrogen-bond donors (Lipinski definition) is 0. The van der Waals surface area contributed by atoms with E-state index in [2.05, 4.69) is 412 Å². The summed E-state index contributed by atoms with van der Waals surface area (Å²) in [5, 5.41) is 4.89. The van der Waals surface area contributed by atoms with Crippen LogP contribution < -0.4 is 57.8 Å². The fraction of sp³-hybridized carbons (Fsp3) is 0.00971. The van der Waals surface area contributed by atoms with E-state index in [-0.39, 0.29) is 20.1 Å². The molecule has 0 spiro atoms. The Kier molecular flexibility index (Phi) is 13.4. The number of hydrogen-bond acceptors (Lipinski definition) is 4. The second kappa shape index (κ2) is 24.0. The van der Waals surface area contributed by atoms with Gasteiger partial charge in [0, 0.05) is 118 Å². The van der Waals surface area contributed by atoms with E-state index >= 15 is 0 Å². The van der Waals surface area contributed by atoms with Crippen LogP contribution in [-0.2, 0) is 0 Å². The monoisotopic (exact) mass is 1420 g/mol. The van der Waals surface area contributed by atoms with Crippen LogP contribution in [-0.4, -0.2) is 29.3 Å². The first-order chi connectivity index (χ1) is 55.5. The summed E-state index contributed by atoms with van der Waals surface area (Å²) >= 11 is 0. The van der Waals surface area contributed by atoms with Crippen molar-refractivity contribution in [2.24, 2.45) is 0 Å². The predicted octanol–water partition coefficient (Wildman–Crippen LogP) is 21.0. The van der Waals surface area contributed by atoms with Crippen molar-refractivity contribution in [3.05, 3.63) is 387 Å². The van der Waals surface area contributed by atoms with Gasteiger partial charge in [-0.25, -0.2) is 0 Å². The first kappa shape index (κ1) is 62.6. The van der Waals surface area contributed by atoms with Gasteiger partial charge in [0.05, 0.1) is 11.0 Å². The van der Waals surface area contributed by atoms with Gasteiger partial charge in [-0.2, -0.15) is 0 Å². The molecule has 0 N–H and O–H groups in total. The molecule has 2 aromatic heterocycles. The number of para-hydroxylation sites is 4. The maximum absolute atomic E-state index is 7.74. The van der Waals surface area contributed by atoms with Crippen LogP contribution in [0.1, 0.15) is 6.92 Å². The van der Waals surface area contributed by atoms with Crippen LogP contribution in [0.4, 0.5) is 62.6 Å². The summed E-state index contributed by atoms with van der Waals surface area (Å²) in [5.74, 6) is 3.72. The number of nitrogens with zero attached hydrogens (tertiary/aromatic N) is 6. The van der Waals surface area contributed by atoms with Gasteiger partial charge in [0.25, 0.3) is 20.1 Å². The van der Waals surface area contributed by atoms with Crippen molar-refractivity contribution in [1.82, 2.24) is 9.13 Å². The first-order valence-corrected chi connectivity index (χ1v) is 38.9. The third-order valence-electron chi connectivity index (χ3n) is 24.8. The summed E-state index contributed by atoms with van der Waals surface area (Å²) in [4.78, 5) is 10.1. The average Bonchev–Trinajstić information content (AvgIpc) is 1.10. The van der Waals surface area contributed by atoms with E-state index in [1.54, 1.807) is 0 Å². The van der Waals surface area contributed by atoms with Crippen LogP contribution in [0.15, 0.2) is 387 Å². The molecule has 16 aromatic carbocycles. The van der Waals surface area contributed by atoms with Crippen LogP contribution >= 0.6 is 0 Å². The molecule has 6 nitrogen and oxygen atoms in total. The van der Waals surface area contributed by atoms with Gasteiger partial charge in [-0.3, -0.25) is 0 Å². The summed E-state index contributed by atoms with van der Waals surface area (Å²) in [6.07, 6.45) is 7.74. The number of rotatable bonds is 10. The van der Waals surface area contributed by atoms with Crippen LogP contribution in [0.25, 0.3) is 99.5 Å². The van der Waals surface area contributed by atoms with Gasteiger partial charge in [-0.15, -0.1) is 6.42 Å². The van der Waals surface area contributed by atoms with E-state index in [1.807, 2.05) is 0 Å². The number of benzene rings is 16. The topological polar surface area (TPSA) is 22.8 Å². The fourth-order valence-corrected chi connectivity index (χ4v) is 20.3. The Hall–Kier alpha value is -14.4. The molecule has 0 atom stereocenters. The average molecular weight is 1420 g/mol. The molecule has 0 aliphatic carbocycles. The van der Waals surface area contributed by atoms with Crippen LogP contribution in [0.2, 0.25) is 0 Å². The van der Waals surface area contributed by atoms with Gasteiger partial charge in [-0.1, -0.05) is 249 Å². The Balaban J connectivity index is 0.822. The van der Waals surface area contributed by atoms with E-state index in [4.69, 9.17) is 6.42 Å². The fourth-order valence-electron chi connectivity index (χ4n) is 20.3. The zero-order valence-corrected chi connectivity index (χ0v) is 61.2. The van der Waals surface area contributed by atoms with Gasteiger partial charge in [0.15, 0.2) is 0 Å². The lowest BCUT2D eigenvalue weighted by Crippen LogP contribution is -2.66. The SMILES string of the molecule is C#CC1=C2C3=C(C)n4c5ccc(-c6ccccc6)cc5c5cc(-c6ccccc6)cc(c54)B3c3ccc(N(c4ccccc4)c4ccccc4)cc3N2c2cccc3c2B1c1ccc2c4c1N3c1cc(N(c3ccccc3)c3ccccc3)ccc1B4c1cc(-c3ccccc3)cc3c4cc(-c5ccccc5)ccc4n-2c13. The maximum atomic E-state index is 7.74. The number of fused-ring (bicyclic) bond motifs is 21. The van der Waals surface area contributed by atoms with Gasteiger partial charge >= 0.3 is 0 Å². The molecule has 0 saturated carbocycles. The smallest absolute Gasteiger partial charge is 0.262 e. The molecule has 0 amide bonds. The molecule has 6 aliphatic rings. The summed E-state index contributed by atoms with van der Waals surface area (Å²) in [7, 11) is 0. The molecule has 112 heavy (non-hydrogen) atoms. The molecular formula is C103H65B3N6. The third-order valence-corrected chi connectivity index (χ3v) is 24.8. The molecule has 0 fully saturated rings. The molecular weight excluding hydrogens is 1350 g/mol. The van der Waals surface area contributed by atoms with Gasteiger partial charge < -0.3 is 28.7 Å². The van der Waals surface area contributed by atoms with Gasteiger partial charge in [-0.05, 0) is 223 Å². The second-order valence-corrected chi connectivity index (χ2v) is 30.5. The normalized spacial score (nSPS) is 13.6. The lowest BCUT2D eigenvalue weighted by Gasteiger charge is -2.51. The standard InChI is InChI=1S/C103H65B3N6/c1-3-84-102-97-65(2)107-90-54-47-70(66-29-12-4-13-30-66)57-80(90)82-59-72(68-33-16-6-17-34-68)61-88(100(82)107)105(97)85-51-49-78(108(74-37-20-8-21-38-74)75-39-22-9-23-40-75)63-95(85)111(102)92-45-28-46-93-98(92)104(84)87-53-56-94-99-103(87)112(93)96-64-79(109(76-41-24-10-25-42-76)77-43-26-11-27-44-77)50-52-86(96)106(99)89-62-73(69-35-18-7-19-36-69)60-83-81-58-71(67-31-14-5-15-32-67)48-55-91(81)110(94)101(83)89/h1,4-64H,2H3. The van der Waals surface area contributed by atoms with Crippen molar-refractivity contribution in [3.8, 4) is 62.5 Å². The molecule has 0 bridgehead atoms. The van der Waals surface area contributed by atoms with Crippen molar-refractivity contribution >= 4 is 170 Å². The summed E-state index contributed by atoms with van der Waals surface area (Å²) in [6.45, 7) is 1.53. The molecule has 9 heteroatoms. The number of terminal acetylenes is 1. The minimum atomic E-state index is -0.385. The third kappa shape index (κ3) is 8.86. The highest BCUT2D eigenvalue weighted by atomic mass is 15.2. The summed E-state index contributed by atoms with van der Waals surface area (Å²) in [6, 6.07) is 138. The number of aromatic nitrogens is 2. The molecule has 18 aromatic rings. The first-order valence-electron chi connectivity index (χ1n) is 38.9. The van der Waals surface area contributed by atoms with E-state index in [0.717, 1.165) is 79.3 Å². The van der Waals surface area contributed by atoms with Crippen LogP contribution in [0, 0.1) is 12.3 Å². The van der Waals surface area contributed by atoms with E-state index in [1.165, 1.54) is 138 Å². The largest absolute Gasteiger partial charge is 0.314 e. The van der Waals surface area contributed by atoms with E-state index < -0.39 is 0 Å². The minimum Gasteiger partial charge on any atom is -0.314 e. The molecule has 0 unspecified atom stereocenters. The molecule has 0 radical (unpaired) electrons. The molecule has 24 rings (SSSR count). The molecule has 8 heterocycles. The highest BCUT2D eigenvalue weighted by molar-refractivity contribution is 7.03. The van der Waals surface area contributed by atoms with Crippen molar-refractivity contribution in [3.63, 3.8) is 0 Å². The Morgan fingerprint density at radius 1 is 0.277 bits per heavy atom. The van der Waals surface area contributed by atoms with Crippen LogP contribution in [0.5, 0.6) is 0 Å². The Labute approximate surface area is 650 Å². The van der Waals surface area contributed by atoms with Gasteiger partial charge in [0.1, 0.15) is 0 Å². The number of allylic oxidation sites excluding steroid dienone is 3. The zero-order chi connectivity index (χ0) is 73.6. The Bertz CT molecular complexity index is 7080. The molecule has 6 aliphatic heterocycles. The van der Waals surface area contributed by atoms with Crippen LogP contribution in [0.3, 0.4) is 0 Å². The molecule has 516 valence electrons. The van der Waals surface area contributed by atoms with Crippen molar-refractivity contribution in [2.75, 3.05) is 19.6 Å². The zero-order valence-electron chi connectivity index (χ0n) is 61.2. The van der Waals surface area contributed by atoms with E-state index in [0.29, 0.717) is 0 Å². The maximum Gasteiger partial charge on any atom is 0.262 e. The second-order valence-electron chi connectivity index (χ2n) is 30.5. The van der Waals surface area contributed by atoms with Crippen molar-refractivity contribution < 1.29 is 0 Å². The van der Waals surface area contributed by atoms with Gasteiger partial charge in [0.2, 0.25) is 0 Å². The van der Waals surface area contributed by atoms with Crippen molar-refractivity contribution in [2.45, 2.75) is 6.92 Å².